The maximum Gasteiger partial charge on any atom is 0.258 e. The van der Waals surface area contributed by atoms with Gasteiger partial charge in [-0.2, -0.15) is 5.10 Å². The molecule has 0 bridgehead atoms. The molecule has 0 aliphatic carbocycles. The van der Waals surface area contributed by atoms with E-state index in [-0.39, 0.29) is 21.5 Å². The number of aromatic amines is 1. The van der Waals surface area contributed by atoms with E-state index in [2.05, 4.69) is 15.5 Å². The average molecular weight is 316 g/mol. The SMILES string of the molecule is CC(C)c1cc(NC(=O)c2cc(F)c(Cl)cc2Cl)n[nH]1. The minimum absolute atomic E-state index is 0.00247. The fourth-order valence-corrected chi connectivity index (χ4v) is 2.05. The predicted molar refractivity (Wildman–Crippen MR) is 77.0 cm³/mol. The van der Waals surface area contributed by atoms with Gasteiger partial charge in [0.05, 0.1) is 15.6 Å². The van der Waals surface area contributed by atoms with Gasteiger partial charge in [-0.1, -0.05) is 37.0 Å². The first kappa shape index (κ1) is 14.8. The zero-order chi connectivity index (χ0) is 14.9. The van der Waals surface area contributed by atoms with Crippen molar-refractivity contribution in [1.29, 1.82) is 0 Å². The molecule has 0 spiro atoms. The number of halogens is 3. The van der Waals surface area contributed by atoms with Gasteiger partial charge in [-0.05, 0) is 18.1 Å². The van der Waals surface area contributed by atoms with Gasteiger partial charge in [0.15, 0.2) is 5.82 Å². The molecule has 20 heavy (non-hydrogen) atoms. The number of H-pyrrole nitrogens is 1. The first-order chi connectivity index (χ1) is 9.38. The van der Waals surface area contributed by atoms with Crippen molar-refractivity contribution in [2.75, 3.05) is 5.32 Å². The Kier molecular flexibility index (Phi) is 4.30. The fourth-order valence-electron chi connectivity index (χ4n) is 1.58. The number of nitrogens with one attached hydrogen (secondary N) is 2. The van der Waals surface area contributed by atoms with Crippen LogP contribution in [-0.4, -0.2) is 16.1 Å². The Morgan fingerprint density at radius 2 is 2.00 bits per heavy atom. The quantitative estimate of drug-likeness (QED) is 0.833. The topological polar surface area (TPSA) is 57.8 Å². The lowest BCUT2D eigenvalue weighted by atomic mass is 10.1. The summed E-state index contributed by atoms with van der Waals surface area (Å²) in [6.07, 6.45) is 0. The van der Waals surface area contributed by atoms with Crippen molar-refractivity contribution in [1.82, 2.24) is 10.2 Å². The van der Waals surface area contributed by atoms with Crippen LogP contribution in [0.15, 0.2) is 18.2 Å². The number of nitrogens with zero attached hydrogens (tertiary/aromatic N) is 1. The molecule has 106 valence electrons. The second-order valence-corrected chi connectivity index (χ2v) is 5.38. The molecule has 2 rings (SSSR count). The number of carbonyl (C=O) groups is 1. The highest BCUT2D eigenvalue weighted by atomic mass is 35.5. The minimum atomic E-state index is -0.703. The number of aromatic nitrogens is 2. The highest BCUT2D eigenvalue weighted by Crippen LogP contribution is 2.25. The maximum absolute atomic E-state index is 13.4. The monoisotopic (exact) mass is 315 g/mol. The number of anilines is 1. The molecule has 1 aromatic heterocycles. The van der Waals surface area contributed by atoms with Crippen LogP contribution in [0.4, 0.5) is 10.2 Å². The molecular weight excluding hydrogens is 304 g/mol. The minimum Gasteiger partial charge on any atom is -0.305 e. The third kappa shape index (κ3) is 3.11. The van der Waals surface area contributed by atoms with Crippen molar-refractivity contribution in [2.45, 2.75) is 19.8 Å². The van der Waals surface area contributed by atoms with E-state index in [9.17, 15) is 9.18 Å². The van der Waals surface area contributed by atoms with E-state index in [0.29, 0.717) is 5.82 Å². The van der Waals surface area contributed by atoms with Crippen LogP contribution in [0.3, 0.4) is 0 Å². The normalized spacial score (nSPS) is 10.9. The predicted octanol–water partition coefficient (Wildman–Crippen LogP) is 4.23. The van der Waals surface area contributed by atoms with Crippen LogP contribution in [0.5, 0.6) is 0 Å². The Balaban J connectivity index is 2.21. The van der Waals surface area contributed by atoms with E-state index < -0.39 is 11.7 Å². The van der Waals surface area contributed by atoms with Gasteiger partial charge in [-0.25, -0.2) is 4.39 Å². The molecule has 0 saturated carbocycles. The molecule has 0 aliphatic rings. The second kappa shape index (κ2) is 5.81. The summed E-state index contributed by atoms with van der Waals surface area (Å²) < 4.78 is 13.4. The standard InChI is InChI=1S/C13H12Cl2FN3O/c1-6(2)11-5-12(19-18-11)17-13(20)7-3-10(16)9(15)4-8(7)14/h3-6H,1-2H3,(H2,17,18,19,20). The van der Waals surface area contributed by atoms with Crippen LogP contribution in [0.25, 0.3) is 0 Å². The van der Waals surface area contributed by atoms with Gasteiger partial charge in [-0.15, -0.1) is 0 Å². The van der Waals surface area contributed by atoms with Gasteiger partial charge < -0.3 is 5.32 Å². The van der Waals surface area contributed by atoms with Gasteiger partial charge in [0, 0.05) is 11.8 Å². The summed E-state index contributed by atoms with van der Waals surface area (Å²) in [5.74, 6) is -0.645. The molecule has 1 aromatic carbocycles. The lowest BCUT2D eigenvalue weighted by molar-refractivity contribution is 0.102. The Labute approximate surface area is 125 Å². The van der Waals surface area contributed by atoms with Gasteiger partial charge in [0.25, 0.3) is 5.91 Å². The summed E-state index contributed by atoms with van der Waals surface area (Å²) in [4.78, 5) is 12.0. The average Bonchev–Trinajstić information content (AvgIpc) is 2.82. The smallest absolute Gasteiger partial charge is 0.258 e. The third-order valence-corrected chi connectivity index (χ3v) is 3.32. The van der Waals surface area contributed by atoms with Crippen molar-refractivity contribution in [2.24, 2.45) is 0 Å². The Bertz CT molecular complexity index is 655. The molecule has 2 aromatic rings. The Morgan fingerprint density at radius 1 is 1.30 bits per heavy atom. The molecular formula is C13H12Cl2FN3O. The second-order valence-electron chi connectivity index (χ2n) is 4.56. The summed E-state index contributed by atoms with van der Waals surface area (Å²) in [7, 11) is 0. The molecule has 0 aliphatic heterocycles. The van der Waals surface area contributed by atoms with E-state index in [1.54, 1.807) is 6.07 Å². The molecule has 4 nitrogen and oxygen atoms in total. The number of rotatable bonds is 3. The molecule has 0 atom stereocenters. The maximum atomic E-state index is 13.4. The lowest BCUT2D eigenvalue weighted by Gasteiger charge is -2.05. The van der Waals surface area contributed by atoms with Gasteiger partial charge in [-0.3, -0.25) is 9.89 Å². The first-order valence-electron chi connectivity index (χ1n) is 5.89. The molecule has 0 saturated heterocycles. The summed E-state index contributed by atoms with van der Waals surface area (Å²) in [6.45, 7) is 3.98. The van der Waals surface area contributed by atoms with Crippen molar-refractivity contribution in [3.8, 4) is 0 Å². The van der Waals surface area contributed by atoms with E-state index >= 15 is 0 Å². The van der Waals surface area contributed by atoms with Crippen molar-refractivity contribution in [3.05, 3.63) is 45.3 Å². The zero-order valence-corrected chi connectivity index (χ0v) is 12.3. The van der Waals surface area contributed by atoms with Crippen molar-refractivity contribution in [3.63, 3.8) is 0 Å². The van der Waals surface area contributed by atoms with Gasteiger partial charge in [0.1, 0.15) is 5.82 Å². The highest BCUT2D eigenvalue weighted by molar-refractivity contribution is 6.37. The molecule has 2 N–H and O–H groups in total. The van der Waals surface area contributed by atoms with Crippen LogP contribution in [-0.2, 0) is 0 Å². The molecule has 7 heteroatoms. The van der Waals surface area contributed by atoms with Crippen molar-refractivity contribution >= 4 is 34.9 Å². The van der Waals surface area contributed by atoms with Gasteiger partial charge in [0.2, 0.25) is 0 Å². The number of hydrogen-bond donors (Lipinski definition) is 2. The zero-order valence-electron chi connectivity index (χ0n) is 10.8. The molecule has 1 heterocycles. The van der Waals surface area contributed by atoms with Crippen LogP contribution in [0.2, 0.25) is 10.0 Å². The summed E-state index contributed by atoms with van der Waals surface area (Å²) in [5, 5.41) is 9.25. The number of amides is 1. The van der Waals surface area contributed by atoms with Gasteiger partial charge >= 0.3 is 0 Å². The van der Waals surface area contributed by atoms with E-state index in [0.717, 1.165) is 11.8 Å². The van der Waals surface area contributed by atoms with Crippen molar-refractivity contribution < 1.29 is 9.18 Å². The largest absolute Gasteiger partial charge is 0.305 e. The van der Waals surface area contributed by atoms with Crippen LogP contribution in [0, 0.1) is 5.82 Å². The molecule has 1 amide bonds. The summed E-state index contributed by atoms with van der Waals surface area (Å²) >= 11 is 11.5. The highest BCUT2D eigenvalue weighted by Gasteiger charge is 2.15. The summed E-state index contributed by atoms with van der Waals surface area (Å²) in [5.41, 5.74) is 0.886. The molecule has 0 radical (unpaired) electrons. The number of hydrogen-bond acceptors (Lipinski definition) is 2. The van der Waals surface area contributed by atoms with E-state index in [1.807, 2.05) is 13.8 Å². The fraction of sp³-hybridized carbons (Fsp3) is 0.231. The number of carbonyl (C=O) groups excluding carboxylic acids is 1. The number of benzene rings is 1. The summed E-state index contributed by atoms with van der Waals surface area (Å²) in [6, 6.07) is 3.90. The Hall–Kier alpha value is -1.59. The lowest BCUT2D eigenvalue weighted by Crippen LogP contribution is -2.13. The van der Waals surface area contributed by atoms with E-state index in [1.165, 1.54) is 6.07 Å². The first-order valence-corrected chi connectivity index (χ1v) is 6.65. The van der Waals surface area contributed by atoms with Crippen LogP contribution >= 0.6 is 23.2 Å². The molecule has 0 unspecified atom stereocenters. The van der Waals surface area contributed by atoms with E-state index in [4.69, 9.17) is 23.2 Å². The molecule has 0 fully saturated rings. The van der Waals surface area contributed by atoms with Crippen LogP contribution < -0.4 is 5.32 Å². The Morgan fingerprint density at radius 3 is 2.60 bits per heavy atom. The van der Waals surface area contributed by atoms with Crippen LogP contribution in [0.1, 0.15) is 35.8 Å². The third-order valence-electron chi connectivity index (χ3n) is 2.72.